The molecule has 1 amide bonds. The van der Waals surface area contributed by atoms with Crippen molar-refractivity contribution in [2.75, 3.05) is 24.8 Å². The number of aromatic nitrogens is 1. The Labute approximate surface area is 246 Å². The van der Waals surface area contributed by atoms with E-state index in [-0.39, 0.29) is 41.6 Å². The van der Waals surface area contributed by atoms with E-state index >= 15 is 0 Å². The Morgan fingerprint density at radius 3 is 2.40 bits per heavy atom. The summed E-state index contributed by atoms with van der Waals surface area (Å²) in [5.41, 5.74) is 6.60. The van der Waals surface area contributed by atoms with E-state index < -0.39 is 0 Å². The molecule has 2 aromatic heterocycles. The first-order valence-electron chi connectivity index (χ1n) is 14.1. The average Bonchev–Trinajstić information content (AvgIpc) is 3.49. The van der Waals surface area contributed by atoms with Crippen molar-refractivity contribution in [3.8, 4) is 27.3 Å². The van der Waals surface area contributed by atoms with Crippen molar-refractivity contribution in [2.24, 2.45) is 0 Å². The third-order valence-corrected chi connectivity index (χ3v) is 9.30. The first-order chi connectivity index (χ1) is 20.7. The Bertz CT molecular complexity index is 1820. The number of pyridine rings is 1. The van der Waals surface area contributed by atoms with Gasteiger partial charge in [-0.05, 0) is 39.3 Å². The molecule has 1 aliphatic carbocycles. The number of fused-ring (bicyclic) bond motifs is 7. The Morgan fingerprint density at radius 2 is 1.57 bits per heavy atom. The monoisotopic (exact) mass is 573 g/mol. The SMILES string of the molecule is O=C1c2c(OCc3ccccc3)c(=O)ccn2N(C2c3ccccc3-c3ccsc3-c3ccccc32)C2COCCN12. The van der Waals surface area contributed by atoms with Crippen LogP contribution < -0.4 is 15.2 Å². The normalized spacial score (nSPS) is 18.7. The fourth-order valence-corrected chi connectivity index (χ4v) is 7.45. The van der Waals surface area contributed by atoms with Gasteiger partial charge in [0.25, 0.3) is 5.91 Å². The molecular formula is C34H27N3O4S. The topological polar surface area (TPSA) is 64.0 Å². The van der Waals surface area contributed by atoms with Crippen LogP contribution in [0.1, 0.15) is 33.2 Å². The standard InChI is InChI=1S/C34H27N3O4S/c38-28-14-16-36-31(32(28)41-20-22-8-2-1-3-9-22)34(39)35-17-18-40-21-29(35)37(36)30-24-11-5-4-10-23(24)27-15-19-42-33(27)26-13-7-6-12-25(26)30/h1-16,19,29-30H,17-18,20-21H2. The highest BCUT2D eigenvalue weighted by Gasteiger charge is 2.46. The van der Waals surface area contributed by atoms with Crippen LogP contribution in [0.25, 0.3) is 21.6 Å². The Balaban J connectivity index is 1.36. The number of carbonyl (C=O) groups excluding carboxylic acids is 1. The molecule has 42 heavy (non-hydrogen) atoms. The predicted molar refractivity (Wildman–Crippen MR) is 162 cm³/mol. The van der Waals surface area contributed by atoms with Crippen LogP contribution in [-0.4, -0.2) is 41.4 Å². The summed E-state index contributed by atoms with van der Waals surface area (Å²) >= 11 is 1.74. The second kappa shape index (κ2) is 10.0. The minimum Gasteiger partial charge on any atom is -0.482 e. The van der Waals surface area contributed by atoms with Crippen molar-refractivity contribution in [2.45, 2.75) is 18.8 Å². The lowest BCUT2D eigenvalue weighted by Crippen LogP contribution is -2.66. The second-order valence-electron chi connectivity index (χ2n) is 10.7. The summed E-state index contributed by atoms with van der Waals surface area (Å²) in [4.78, 5) is 30.5. The summed E-state index contributed by atoms with van der Waals surface area (Å²) in [5.74, 6) is -0.162. The van der Waals surface area contributed by atoms with Gasteiger partial charge in [-0.2, -0.15) is 0 Å². The number of hydrogen-bond donors (Lipinski definition) is 0. The Kier molecular flexibility index (Phi) is 5.98. The van der Waals surface area contributed by atoms with Crippen molar-refractivity contribution in [1.82, 2.24) is 9.58 Å². The molecule has 2 atom stereocenters. The van der Waals surface area contributed by atoms with Gasteiger partial charge in [0.05, 0.1) is 19.3 Å². The van der Waals surface area contributed by atoms with E-state index in [0.29, 0.717) is 19.8 Å². The molecule has 1 fully saturated rings. The molecule has 0 spiro atoms. The van der Waals surface area contributed by atoms with Crippen LogP contribution in [0.3, 0.4) is 0 Å². The van der Waals surface area contributed by atoms with E-state index in [2.05, 4.69) is 65.0 Å². The largest absolute Gasteiger partial charge is 0.482 e. The van der Waals surface area contributed by atoms with Crippen molar-refractivity contribution in [3.05, 3.63) is 135 Å². The Hall–Kier alpha value is -4.66. The van der Waals surface area contributed by atoms with Gasteiger partial charge in [-0.1, -0.05) is 78.9 Å². The lowest BCUT2D eigenvalue weighted by molar-refractivity contribution is -0.0197. The maximum Gasteiger partial charge on any atom is 0.278 e. The smallest absolute Gasteiger partial charge is 0.278 e. The van der Waals surface area contributed by atoms with Gasteiger partial charge < -0.3 is 14.4 Å². The molecule has 0 bridgehead atoms. The van der Waals surface area contributed by atoms with Crippen LogP contribution in [-0.2, 0) is 11.3 Å². The van der Waals surface area contributed by atoms with Gasteiger partial charge in [0.15, 0.2) is 11.4 Å². The first kappa shape index (κ1) is 25.1. The minimum absolute atomic E-state index is 0.0654. The Morgan fingerprint density at radius 1 is 0.833 bits per heavy atom. The van der Waals surface area contributed by atoms with Gasteiger partial charge in [-0.15, -0.1) is 11.3 Å². The summed E-state index contributed by atoms with van der Waals surface area (Å²) in [6, 6.07) is 30.1. The molecule has 1 saturated heterocycles. The lowest BCUT2D eigenvalue weighted by Gasteiger charge is -2.51. The zero-order valence-electron chi connectivity index (χ0n) is 22.7. The summed E-state index contributed by atoms with van der Waals surface area (Å²) in [5, 5.41) is 4.35. The number of nitrogens with zero attached hydrogens (tertiary/aromatic N) is 3. The van der Waals surface area contributed by atoms with Gasteiger partial charge in [0.2, 0.25) is 5.43 Å². The molecule has 2 unspecified atom stereocenters. The van der Waals surface area contributed by atoms with E-state index in [1.807, 2.05) is 39.9 Å². The van der Waals surface area contributed by atoms with Crippen molar-refractivity contribution >= 4 is 17.2 Å². The zero-order chi connectivity index (χ0) is 28.2. The van der Waals surface area contributed by atoms with Crippen molar-refractivity contribution in [1.29, 1.82) is 0 Å². The summed E-state index contributed by atoms with van der Waals surface area (Å²) in [6.07, 6.45) is 1.33. The van der Waals surface area contributed by atoms with Crippen LogP contribution in [0.2, 0.25) is 0 Å². The van der Waals surface area contributed by atoms with Crippen LogP contribution in [0, 0.1) is 0 Å². The van der Waals surface area contributed by atoms with Gasteiger partial charge >= 0.3 is 0 Å². The minimum atomic E-state index is -0.384. The van der Waals surface area contributed by atoms with E-state index in [4.69, 9.17) is 9.47 Å². The summed E-state index contributed by atoms with van der Waals surface area (Å²) < 4.78 is 14.0. The van der Waals surface area contributed by atoms with Crippen LogP contribution in [0.4, 0.5) is 0 Å². The number of hydrogen-bond acceptors (Lipinski definition) is 6. The van der Waals surface area contributed by atoms with E-state index in [1.165, 1.54) is 16.5 Å². The number of benzene rings is 3. The number of thiophene rings is 1. The number of morpholine rings is 1. The number of ether oxygens (including phenoxy) is 2. The molecule has 8 rings (SSSR count). The third-order valence-electron chi connectivity index (χ3n) is 8.36. The average molecular weight is 574 g/mol. The molecule has 5 aromatic rings. The fourth-order valence-electron chi connectivity index (χ4n) is 6.49. The molecule has 0 radical (unpaired) electrons. The van der Waals surface area contributed by atoms with Gasteiger partial charge in [-0.3, -0.25) is 19.3 Å². The van der Waals surface area contributed by atoms with Crippen molar-refractivity contribution < 1.29 is 14.3 Å². The molecule has 0 saturated carbocycles. The predicted octanol–water partition coefficient (Wildman–Crippen LogP) is 5.68. The molecule has 208 valence electrons. The number of carbonyl (C=O) groups is 1. The highest BCUT2D eigenvalue weighted by Crippen LogP contribution is 2.49. The highest BCUT2D eigenvalue weighted by atomic mass is 32.1. The van der Waals surface area contributed by atoms with Gasteiger partial charge in [0, 0.05) is 29.2 Å². The van der Waals surface area contributed by atoms with E-state index in [9.17, 15) is 9.59 Å². The van der Waals surface area contributed by atoms with E-state index in [1.54, 1.807) is 17.5 Å². The zero-order valence-corrected chi connectivity index (χ0v) is 23.5. The quantitative estimate of drug-likeness (QED) is 0.277. The summed E-state index contributed by atoms with van der Waals surface area (Å²) in [6.45, 7) is 1.38. The third kappa shape index (κ3) is 3.83. The fraction of sp³-hybridized carbons (Fsp3) is 0.176. The first-order valence-corrected chi connectivity index (χ1v) is 14.9. The molecule has 3 aromatic carbocycles. The number of rotatable bonds is 4. The van der Waals surface area contributed by atoms with Crippen LogP contribution in [0.15, 0.2) is 107 Å². The molecule has 2 aliphatic heterocycles. The van der Waals surface area contributed by atoms with Crippen molar-refractivity contribution in [3.63, 3.8) is 0 Å². The maximum absolute atomic E-state index is 14.2. The lowest BCUT2D eigenvalue weighted by atomic mass is 9.92. The van der Waals surface area contributed by atoms with Gasteiger partial charge in [-0.25, -0.2) is 0 Å². The summed E-state index contributed by atoms with van der Waals surface area (Å²) in [7, 11) is 0. The maximum atomic E-state index is 14.2. The second-order valence-corrected chi connectivity index (χ2v) is 11.6. The van der Waals surface area contributed by atoms with Crippen LogP contribution >= 0.6 is 11.3 Å². The molecule has 3 aliphatic rings. The van der Waals surface area contributed by atoms with E-state index in [0.717, 1.165) is 27.8 Å². The molecule has 0 N–H and O–H groups in total. The molecule has 7 nitrogen and oxygen atoms in total. The molecular weight excluding hydrogens is 546 g/mol. The van der Waals surface area contributed by atoms with Crippen LogP contribution in [0.5, 0.6) is 5.75 Å². The molecule has 8 heteroatoms. The molecule has 4 heterocycles. The van der Waals surface area contributed by atoms with Gasteiger partial charge in [0.1, 0.15) is 12.8 Å². The highest BCUT2D eigenvalue weighted by molar-refractivity contribution is 7.14. The number of amides is 1.